The lowest BCUT2D eigenvalue weighted by Gasteiger charge is -2.34. The second-order valence-corrected chi connectivity index (χ2v) is 11.2. The Morgan fingerprint density at radius 3 is 2.43 bits per heavy atom. The molecule has 44 heavy (non-hydrogen) atoms. The van der Waals surface area contributed by atoms with Crippen LogP contribution >= 0.6 is 11.6 Å². The van der Waals surface area contributed by atoms with E-state index in [9.17, 15) is 18.8 Å². The van der Waals surface area contributed by atoms with Crippen LogP contribution in [0.2, 0.25) is 5.02 Å². The van der Waals surface area contributed by atoms with Crippen LogP contribution in [-0.4, -0.2) is 61.9 Å². The lowest BCUT2D eigenvalue weighted by molar-refractivity contribution is -0.115. The molecule has 0 aromatic heterocycles. The second-order valence-electron chi connectivity index (χ2n) is 10.8. The third-order valence-corrected chi connectivity index (χ3v) is 8.17. The van der Waals surface area contributed by atoms with Crippen molar-refractivity contribution in [1.82, 2.24) is 4.90 Å². The van der Waals surface area contributed by atoms with E-state index in [2.05, 4.69) is 32.5 Å². The van der Waals surface area contributed by atoms with Crippen LogP contribution in [0.15, 0.2) is 89.9 Å². The number of hydrogen-bond acceptors (Lipinski definition) is 6. The van der Waals surface area contributed by atoms with E-state index < -0.39 is 17.6 Å². The molecule has 2 aliphatic rings. The maximum Gasteiger partial charge on any atom is 0.260 e. The van der Waals surface area contributed by atoms with Crippen molar-refractivity contribution in [2.24, 2.45) is 4.99 Å². The number of piperazine rings is 1. The monoisotopic (exact) mass is 609 g/mol. The van der Waals surface area contributed by atoms with Gasteiger partial charge < -0.3 is 20.4 Å². The number of ketones is 1. The van der Waals surface area contributed by atoms with E-state index in [1.54, 1.807) is 42.6 Å². The summed E-state index contributed by atoms with van der Waals surface area (Å²) in [6.45, 7) is 4.02. The Morgan fingerprint density at radius 1 is 0.955 bits per heavy atom. The van der Waals surface area contributed by atoms with Gasteiger partial charge in [0, 0.05) is 60.6 Å². The lowest BCUT2D eigenvalue weighted by Crippen LogP contribution is -2.44. The normalized spacial score (nSPS) is 16.6. The van der Waals surface area contributed by atoms with Crippen molar-refractivity contribution in [3.05, 3.63) is 118 Å². The van der Waals surface area contributed by atoms with Gasteiger partial charge in [-0.15, -0.1) is 0 Å². The zero-order chi connectivity index (χ0) is 30.8. The van der Waals surface area contributed by atoms with Crippen LogP contribution in [-0.2, 0) is 4.79 Å². The predicted molar refractivity (Wildman–Crippen MR) is 171 cm³/mol. The predicted octanol–water partition coefficient (Wildman–Crippen LogP) is 6.15. The van der Waals surface area contributed by atoms with Crippen molar-refractivity contribution in [2.75, 3.05) is 48.8 Å². The number of amides is 2. The van der Waals surface area contributed by atoms with E-state index in [0.717, 1.165) is 49.2 Å². The largest absolute Gasteiger partial charge is 0.369 e. The fourth-order valence-electron chi connectivity index (χ4n) is 5.36. The Hall–Kier alpha value is -4.86. The Bertz CT molecular complexity index is 1760. The summed E-state index contributed by atoms with van der Waals surface area (Å²) < 4.78 is 14.2. The van der Waals surface area contributed by atoms with E-state index in [-0.39, 0.29) is 22.3 Å². The summed E-state index contributed by atoms with van der Waals surface area (Å²) in [6.07, 6.45) is 1.63. The van der Waals surface area contributed by atoms with Gasteiger partial charge in [-0.1, -0.05) is 41.9 Å². The summed E-state index contributed by atoms with van der Waals surface area (Å²) in [5.74, 6) is -2.59. The van der Waals surface area contributed by atoms with Crippen LogP contribution in [0.4, 0.5) is 27.1 Å². The van der Waals surface area contributed by atoms with Crippen molar-refractivity contribution in [3.63, 3.8) is 0 Å². The van der Waals surface area contributed by atoms with E-state index in [1.807, 2.05) is 24.3 Å². The molecule has 0 spiro atoms. The first-order chi connectivity index (χ1) is 21.3. The average Bonchev–Trinajstić information content (AvgIpc) is 3.34. The van der Waals surface area contributed by atoms with Gasteiger partial charge >= 0.3 is 0 Å². The van der Waals surface area contributed by atoms with Crippen molar-refractivity contribution in [3.8, 4) is 0 Å². The van der Waals surface area contributed by atoms with Gasteiger partial charge in [-0.2, -0.15) is 0 Å². The van der Waals surface area contributed by atoms with Crippen molar-refractivity contribution < 1.29 is 18.8 Å². The Labute approximate surface area is 259 Å². The number of aliphatic imine (C=N–C) groups is 1. The van der Waals surface area contributed by atoms with Crippen molar-refractivity contribution >= 4 is 58.2 Å². The highest BCUT2D eigenvalue weighted by Gasteiger charge is 2.30. The maximum atomic E-state index is 14.2. The molecule has 2 aliphatic heterocycles. The number of carbonyl (C=O) groups excluding carboxylic acids is 3. The van der Waals surface area contributed by atoms with Gasteiger partial charge in [0.25, 0.3) is 5.91 Å². The molecule has 0 radical (unpaired) electrons. The SMILES string of the molecule is CN1CCN(c2ccc(N=CC3C(=O)Nc4cc(C(=O)c5cccc(NC(=O)c6c(F)cccc6Cl)c5)ccc43)cc2)CC1. The highest BCUT2D eigenvalue weighted by molar-refractivity contribution is 6.34. The number of benzene rings is 4. The number of hydrogen-bond donors (Lipinski definition) is 2. The molecule has 10 heteroatoms. The van der Waals surface area contributed by atoms with Crippen LogP contribution in [0.1, 0.15) is 37.8 Å². The van der Waals surface area contributed by atoms with Crippen LogP contribution in [0, 0.1) is 5.82 Å². The van der Waals surface area contributed by atoms with E-state index in [4.69, 9.17) is 11.6 Å². The van der Waals surface area contributed by atoms with Crippen LogP contribution in [0.5, 0.6) is 0 Å². The van der Waals surface area contributed by atoms with Gasteiger partial charge in [-0.05, 0) is 67.2 Å². The molecular weight excluding hydrogens is 581 g/mol. The van der Waals surface area contributed by atoms with Crippen molar-refractivity contribution in [1.29, 1.82) is 0 Å². The highest BCUT2D eigenvalue weighted by Crippen LogP contribution is 2.34. The van der Waals surface area contributed by atoms with Gasteiger partial charge in [0.15, 0.2) is 5.78 Å². The number of carbonyl (C=O) groups is 3. The molecule has 4 aromatic rings. The van der Waals surface area contributed by atoms with Crippen LogP contribution in [0.25, 0.3) is 0 Å². The minimum Gasteiger partial charge on any atom is -0.369 e. The van der Waals surface area contributed by atoms with Crippen molar-refractivity contribution in [2.45, 2.75) is 5.92 Å². The molecule has 2 N–H and O–H groups in total. The molecule has 6 rings (SSSR count). The van der Waals surface area contributed by atoms with E-state index >= 15 is 0 Å². The molecular formula is C34H29ClFN5O3. The molecule has 0 bridgehead atoms. The molecule has 1 atom stereocenters. The van der Waals surface area contributed by atoms with Crippen LogP contribution in [0.3, 0.4) is 0 Å². The molecule has 0 saturated carbocycles. The third kappa shape index (κ3) is 6.10. The zero-order valence-electron chi connectivity index (χ0n) is 23.9. The number of fused-ring (bicyclic) bond motifs is 1. The Kier molecular flexibility index (Phi) is 8.23. The first-order valence-corrected chi connectivity index (χ1v) is 14.6. The molecule has 8 nitrogen and oxygen atoms in total. The van der Waals surface area contributed by atoms with E-state index in [0.29, 0.717) is 22.5 Å². The number of halogens is 2. The summed E-state index contributed by atoms with van der Waals surface area (Å²) in [4.78, 5) is 48.1. The number of anilines is 3. The van der Waals surface area contributed by atoms with Gasteiger partial charge in [-0.25, -0.2) is 4.39 Å². The smallest absolute Gasteiger partial charge is 0.260 e. The van der Waals surface area contributed by atoms with Gasteiger partial charge in [0.2, 0.25) is 5.91 Å². The molecule has 1 unspecified atom stereocenters. The second kappa shape index (κ2) is 12.4. The van der Waals surface area contributed by atoms with Gasteiger partial charge in [0.05, 0.1) is 16.3 Å². The fourth-order valence-corrected chi connectivity index (χ4v) is 5.61. The molecule has 0 aliphatic carbocycles. The van der Waals surface area contributed by atoms with Gasteiger partial charge in [0.1, 0.15) is 11.7 Å². The van der Waals surface area contributed by atoms with Crippen LogP contribution < -0.4 is 15.5 Å². The number of likely N-dealkylation sites (N-methyl/N-ethyl adjacent to an activating group) is 1. The summed E-state index contributed by atoms with van der Waals surface area (Å²) in [6, 6.07) is 23.4. The summed E-state index contributed by atoms with van der Waals surface area (Å²) >= 11 is 6.01. The minimum atomic E-state index is -0.745. The Balaban J connectivity index is 1.14. The maximum absolute atomic E-state index is 14.2. The number of rotatable bonds is 7. The molecule has 2 heterocycles. The number of nitrogens with one attached hydrogen (secondary N) is 2. The van der Waals surface area contributed by atoms with E-state index in [1.165, 1.54) is 18.2 Å². The first kappa shape index (κ1) is 29.2. The molecule has 1 fully saturated rings. The molecule has 2 amide bonds. The molecule has 4 aromatic carbocycles. The zero-order valence-corrected chi connectivity index (χ0v) is 24.6. The first-order valence-electron chi connectivity index (χ1n) is 14.2. The standard InChI is InChI=1S/C34H29ClFN5O3/c1-40-14-16-41(17-15-40)25-11-9-23(10-12-25)37-20-27-26-13-8-22(19-30(26)39-33(27)43)32(42)21-4-2-5-24(18-21)38-34(44)31-28(35)6-3-7-29(31)36/h2-13,18-20,27H,14-17H2,1H3,(H,38,44)(H,39,43). The fraction of sp³-hybridized carbons (Fsp3) is 0.176. The number of nitrogens with zero attached hydrogens (tertiary/aromatic N) is 3. The third-order valence-electron chi connectivity index (χ3n) is 7.85. The summed E-state index contributed by atoms with van der Waals surface area (Å²) in [7, 11) is 2.13. The molecule has 1 saturated heterocycles. The summed E-state index contributed by atoms with van der Waals surface area (Å²) in [5.41, 5.74) is 3.88. The lowest BCUT2D eigenvalue weighted by atomic mass is 9.97. The van der Waals surface area contributed by atoms with Gasteiger partial charge in [-0.3, -0.25) is 19.4 Å². The highest BCUT2D eigenvalue weighted by atomic mass is 35.5. The topological polar surface area (TPSA) is 94.1 Å². The average molecular weight is 610 g/mol. The molecule has 222 valence electrons. The minimum absolute atomic E-state index is 0.0163. The quantitative estimate of drug-likeness (QED) is 0.194. The summed E-state index contributed by atoms with van der Waals surface area (Å²) in [5, 5.41) is 5.44. The Morgan fingerprint density at radius 2 is 1.68 bits per heavy atom.